The highest BCUT2D eigenvalue weighted by Gasteiger charge is 2.32. The second-order valence-electron chi connectivity index (χ2n) is 8.68. The molecular weight excluding hydrogens is 414 g/mol. The summed E-state index contributed by atoms with van der Waals surface area (Å²) in [4.78, 5) is 28.9. The fourth-order valence-corrected chi connectivity index (χ4v) is 4.48. The Labute approximate surface area is 192 Å². The maximum atomic E-state index is 13.5. The van der Waals surface area contributed by atoms with Crippen molar-refractivity contribution in [2.45, 2.75) is 45.2 Å². The van der Waals surface area contributed by atoms with Gasteiger partial charge in [-0.25, -0.2) is 19.6 Å². The summed E-state index contributed by atoms with van der Waals surface area (Å²) in [5.74, 6) is 2.14. The Morgan fingerprint density at radius 2 is 2.06 bits per heavy atom. The quantitative estimate of drug-likeness (QED) is 0.452. The van der Waals surface area contributed by atoms with Crippen molar-refractivity contribution in [2.24, 2.45) is 0 Å². The summed E-state index contributed by atoms with van der Waals surface area (Å²) in [5, 5.41) is 4.16. The fraction of sp³-hybridized carbons (Fsp3) is 0.320. The molecule has 0 bridgehead atoms. The van der Waals surface area contributed by atoms with E-state index >= 15 is 0 Å². The molecule has 1 aromatic carbocycles. The zero-order chi connectivity index (χ0) is 22.8. The minimum Gasteiger partial charge on any atom is -0.330 e. The molecule has 0 aliphatic carbocycles. The summed E-state index contributed by atoms with van der Waals surface area (Å²) in [6.07, 6.45) is 8.81. The summed E-state index contributed by atoms with van der Waals surface area (Å²) in [7, 11) is 0. The molecule has 1 unspecified atom stereocenters. The first-order valence-electron chi connectivity index (χ1n) is 11.3. The van der Waals surface area contributed by atoms with E-state index in [9.17, 15) is 4.79 Å². The molecule has 1 amide bonds. The average Bonchev–Trinajstić information content (AvgIpc) is 3.60. The lowest BCUT2D eigenvalue weighted by Gasteiger charge is -2.25. The lowest BCUT2D eigenvalue weighted by Crippen LogP contribution is -2.31. The molecule has 5 rings (SSSR count). The molecule has 1 aliphatic heterocycles. The molecule has 1 aliphatic rings. The van der Waals surface area contributed by atoms with Crippen LogP contribution in [0.4, 0.5) is 0 Å². The van der Waals surface area contributed by atoms with E-state index in [-0.39, 0.29) is 11.9 Å². The van der Waals surface area contributed by atoms with Crippen molar-refractivity contribution in [3.8, 4) is 5.82 Å². The van der Waals surface area contributed by atoms with Gasteiger partial charge in [-0.2, -0.15) is 5.10 Å². The van der Waals surface area contributed by atoms with E-state index in [1.54, 1.807) is 17.2 Å². The number of nitrogens with zero attached hydrogens (tertiary/aromatic N) is 7. The first-order valence-corrected chi connectivity index (χ1v) is 11.3. The second-order valence-corrected chi connectivity index (χ2v) is 8.68. The van der Waals surface area contributed by atoms with Gasteiger partial charge in [0.05, 0.1) is 18.3 Å². The number of hydrogen-bond donors (Lipinski definition) is 0. The molecule has 4 heterocycles. The molecule has 1 fully saturated rings. The van der Waals surface area contributed by atoms with E-state index in [1.165, 1.54) is 6.33 Å². The minimum absolute atomic E-state index is 0.0376. The number of hydrogen-bond acceptors (Lipinski definition) is 5. The van der Waals surface area contributed by atoms with E-state index in [0.717, 1.165) is 42.3 Å². The molecule has 168 valence electrons. The highest BCUT2D eigenvalue weighted by Crippen LogP contribution is 2.33. The van der Waals surface area contributed by atoms with Crippen molar-refractivity contribution in [1.82, 2.24) is 34.2 Å². The SMILES string of the molecule is CC(C)c1nccn1-c1cccc(C2CCCN2C(=O)c2cccc(Cn3cncn3)c2)n1. The molecule has 0 spiro atoms. The van der Waals surface area contributed by atoms with E-state index in [1.807, 2.05) is 58.1 Å². The van der Waals surface area contributed by atoms with Crippen LogP contribution in [0.2, 0.25) is 0 Å². The molecule has 8 heteroatoms. The summed E-state index contributed by atoms with van der Waals surface area (Å²) < 4.78 is 3.78. The van der Waals surface area contributed by atoms with E-state index < -0.39 is 0 Å². The zero-order valence-electron chi connectivity index (χ0n) is 18.9. The van der Waals surface area contributed by atoms with Gasteiger partial charge in [0, 0.05) is 30.4 Å². The molecule has 3 aromatic heterocycles. The van der Waals surface area contributed by atoms with E-state index in [0.29, 0.717) is 18.0 Å². The number of rotatable bonds is 6. The number of amides is 1. The largest absolute Gasteiger partial charge is 0.330 e. The van der Waals surface area contributed by atoms with Gasteiger partial charge in [-0.3, -0.25) is 9.36 Å². The number of carbonyl (C=O) groups excluding carboxylic acids is 1. The van der Waals surface area contributed by atoms with Crippen molar-refractivity contribution in [3.63, 3.8) is 0 Å². The standard InChI is InChI=1S/C25H27N7O/c1-18(2)24-27-11-13-32(24)23-10-4-8-21(29-23)22-9-5-12-31(22)25(33)20-7-3-6-19(14-20)15-30-17-26-16-28-30/h3-4,6-8,10-11,13-14,16-18,22H,5,9,12,15H2,1-2H3. The normalized spacial score (nSPS) is 16.0. The molecule has 4 aromatic rings. The predicted molar refractivity (Wildman–Crippen MR) is 124 cm³/mol. The highest BCUT2D eigenvalue weighted by atomic mass is 16.2. The fourth-order valence-electron chi connectivity index (χ4n) is 4.48. The third-order valence-electron chi connectivity index (χ3n) is 6.03. The van der Waals surface area contributed by atoms with E-state index in [2.05, 4.69) is 28.9 Å². The van der Waals surface area contributed by atoms with Crippen molar-refractivity contribution in [1.29, 1.82) is 0 Å². The lowest BCUT2D eigenvalue weighted by atomic mass is 10.1. The average molecular weight is 442 g/mol. The number of benzene rings is 1. The van der Waals surface area contributed by atoms with Gasteiger partial charge in [0.1, 0.15) is 24.3 Å². The van der Waals surface area contributed by atoms with Crippen LogP contribution in [-0.2, 0) is 6.54 Å². The summed E-state index contributed by atoms with van der Waals surface area (Å²) in [6.45, 7) is 5.55. The zero-order valence-corrected chi connectivity index (χ0v) is 18.9. The maximum absolute atomic E-state index is 13.5. The Hall–Kier alpha value is -3.81. The molecule has 0 N–H and O–H groups in total. The minimum atomic E-state index is -0.0394. The Bertz CT molecular complexity index is 1250. The number of aromatic nitrogens is 6. The van der Waals surface area contributed by atoms with Gasteiger partial charge in [-0.05, 0) is 42.7 Å². The summed E-state index contributed by atoms with van der Waals surface area (Å²) in [6, 6.07) is 13.7. The van der Waals surface area contributed by atoms with E-state index in [4.69, 9.17) is 4.98 Å². The van der Waals surface area contributed by atoms with Crippen LogP contribution in [0.1, 0.15) is 66.1 Å². The number of imidazole rings is 1. The van der Waals surface area contributed by atoms with Crippen LogP contribution >= 0.6 is 0 Å². The van der Waals surface area contributed by atoms with Crippen LogP contribution in [-0.4, -0.2) is 46.7 Å². The Balaban J connectivity index is 1.40. The molecule has 8 nitrogen and oxygen atoms in total. The van der Waals surface area contributed by atoms with Crippen LogP contribution in [0.15, 0.2) is 67.5 Å². The van der Waals surface area contributed by atoms with Crippen molar-refractivity contribution in [3.05, 3.63) is 90.2 Å². The van der Waals surface area contributed by atoms with Crippen molar-refractivity contribution in [2.75, 3.05) is 6.54 Å². The monoisotopic (exact) mass is 441 g/mol. The Morgan fingerprint density at radius 3 is 2.88 bits per heavy atom. The predicted octanol–water partition coefficient (Wildman–Crippen LogP) is 4.01. The first-order chi connectivity index (χ1) is 16.1. The van der Waals surface area contributed by atoms with Gasteiger partial charge in [-0.15, -0.1) is 0 Å². The van der Waals surface area contributed by atoms with Gasteiger partial charge >= 0.3 is 0 Å². The van der Waals surface area contributed by atoms with Crippen molar-refractivity contribution >= 4 is 5.91 Å². The number of carbonyl (C=O) groups is 1. The molecular formula is C25H27N7O. The third-order valence-corrected chi connectivity index (χ3v) is 6.03. The smallest absolute Gasteiger partial charge is 0.254 e. The molecule has 1 atom stereocenters. The summed E-state index contributed by atoms with van der Waals surface area (Å²) >= 11 is 0. The van der Waals surface area contributed by atoms with Gasteiger partial charge in [0.2, 0.25) is 0 Å². The van der Waals surface area contributed by atoms with Gasteiger partial charge < -0.3 is 4.90 Å². The molecule has 33 heavy (non-hydrogen) atoms. The molecule has 0 radical (unpaired) electrons. The van der Waals surface area contributed by atoms with Gasteiger partial charge in [0.25, 0.3) is 5.91 Å². The topological polar surface area (TPSA) is 81.7 Å². The van der Waals surface area contributed by atoms with Gasteiger partial charge in [-0.1, -0.05) is 32.0 Å². The van der Waals surface area contributed by atoms with Crippen LogP contribution in [0.5, 0.6) is 0 Å². The maximum Gasteiger partial charge on any atom is 0.254 e. The van der Waals surface area contributed by atoms with Crippen LogP contribution in [0.25, 0.3) is 5.82 Å². The third kappa shape index (κ3) is 4.28. The van der Waals surface area contributed by atoms with Gasteiger partial charge in [0.15, 0.2) is 0 Å². The Morgan fingerprint density at radius 1 is 1.18 bits per heavy atom. The van der Waals surface area contributed by atoms with Crippen LogP contribution in [0, 0.1) is 0 Å². The second kappa shape index (κ2) is 8.97. The van der Waals surface area contributed by atoms with Crippen LogP contribution in [0.3, 0.4) is 0 Å². The summed E-state index contributed by atoms with van der Waals surface area (Å²) in [5.41, 5.74) is 2.62. The Kier molecular flexibility index (Phi) is 5.73. The van der Waals surface area contributed by atoms with Crippen molar-refractivity contribution < 1.29 is 4.79 Å². The number of likely N-dealkylation sites (tertiary alicyclic amines) is 1. The lowest BCUT2D eigenvalue weighted by molar-refractivity contribution is 0.0732. The molecule has 1 saturated heterocycles. The number of pyridine rings is 1. The molecule has 0 saturated carbocycles. The first kappa shape index (κ1) is 21.1. The highest BCUT2D eigenvalue weighted by molar-refractivity contribution is 5.94. The van der Waals surface area contributed by atoms with Crippen LogP contribution < -0.4 is 0 Å².